The number of nitrogens with one attached hydrogen (secondary N) is 2. The first-order chi connectivity index (χ1) is 8.97. The van der Waals surface area contributed by atoms with Crippen molar-refractivity contribution in [1.82, 2.24) is 15.0 Å². The van der Waals surface area contributed by atoms with E-state index in [-0.39, 0.29) is 5.56 Å². The van der Waals surface area contributed by atoms with Crippen LogP contribution in [0.5, 0.6) is 0 Å². The Hall–Kier alpha value is -2.17. The van der Waals surface area contributed by atoms with Crippen LogP contribution in [-0.2, 0) is 6.54 Å². The largest absolute Gasteiger partial charge is 0.350 e. The van der Waals surface area contributed by atoms with Gasteiger partial charge in [-0.05, 0) is 44.9 Å². The second-order valence-electron chi connectivity index (χ2n) is 4.76. The predicted octanol–water partition coefficient (Wildman–Crippen LogP) is 2.01. The highest BCUT2D eigenvalue weighted by Crippen LogP contribution is 2.08. The van der Waals surface area contributed by atoms with E-state index in [2.05, 4.69) is 20.3 Å². The molecule has 0 unspecified atom stereocenters. The van der Waals surface area contributed by atoms with Gasteiger partial charge in [0.25, 0.3) is 5.56 Å². The smallest absolute Gasteiger partial charge is 0.253 e. The van der Waals surface area contributed by atoms with E-state index in [1.54, 1.807) is 6.20 Å². The summed E-state index contributed by atoms with van der Waals surface area (Å²) in [7, 11) is 0. The van der Waals surface area contributed by atoms with Crippen LogP contribution in [0, 0.1) is 27.7 Å². The highest BCUT2D eigenvalue weighted by molar-refractivity contribution is 5.32. The van der Waals surface area contributed by atoms with E-state index in [1.807, 2.05) is 33.8 Å². The fraction of sp³-hybridized carbons (Fsp3) is 0.357. The summed E-state index contributed by atoms with van der Waals surface area (Å²) in [6, 6.07) is 1.96. The van der Waals surface area contributed by atoms with Crippen molar-refractivity contribution >= 4 is 5.95 Å². The lowest BCUT2D eigenvalue weighted by atomic mass is 10.1. The number of anilines is 1. The number of aryl methyl sites for hydroxylation is 4. The summed E-state index contributed by atoms with van der Waals surface area (Å²) in [5, 5.41) is 3.09. The third kappa shape index (κ3) is 2.99. The number of rotatable bonds is 3. The maximum Gasteiger partial charge on any atom is 0.253 e. The topological polar surface area (TPSA) is 70.7 Å². The molecule has 5 heteroatoms. The summed E-state index contributed by atoms with van der Waals surface area (Å²) >= 11 is 0. The molecule has 0 spiro atoms. The van der Waals surface area contributed by atoms with Gasteiger partial charge < -0.3 is 10.3 Å². The maximum absolute atomic E-state index is 11.9. The van der Waals surface area contributed by atoms with Crippen LogP contribution in [0.25, 0.3) is 0 Å². The summed E-state index contributed by atoms with van der Waals surface area (Å²) in [6.45, 7) is 8.13. The Balaban J connectivity index is 2.19. The number of pyridine rings is 1. The van der Waals surface area contributed by atoms with Gasteiger partial charge in [0, 0.05) is 29.7 Å². The number of aromatic nitrogens is 3. The molecule has 0 saturated heterocycles. The van der Waals surface area contributed by atoms with Gasteiger partial charge in [0.2, 0.25) is 5.95 Å². The summed E-state index contributed by atoms with van der Waals surface area (Å²) < 4.78 is 0. The van der Waals surface area contributed by atoms with E-state index in [0.717, 1.165) is 22.5 Å². The van der Waals surface area contributed by atoms with Crippen LogP contribution < -0.4 is 10.9 Å². The van der Waals surface area contributed by atoms with Crippen molar-refractivity contribution in [3.63, 3.8) is 0 Å². The number of aromatic amines is 1. The third-order valence-corrected chi connectivity index (χ3v) is 3.14. The summed E-state index contributed by atoms with van der Waals surface area (Å²) in [6.07, 6.45) is 1.77. The van der Waals surface area contributed by atoms with Gasteiger partial charge in [-0.25, -0.2) is 9.97 Å². The lowest BCUT2D eigenvalue weighted by Gasteiger charge is -2.08. The fourth-order valence-electron chi connectivity index (χ4n) is 1.88. The van der Waals surface area contributed by atoms with Gasteiger partial charge >= 0.3 is 0 Å². The average molecular weight is 258 g/mol. The second kappa shape index (κ2) is 5.22. The minimum atomic E-state index is -0.0613. The molecule has 2 aromatic heterocycles. The number of nitrogens with zero attached hydrogens (tertiary/aromatic N) is 2. The average Bonchev–Trinajstić information content (AvgIpc) is 2.32. The molecule has 0 bridgehead atoms. The molecule has 0 aliphatic rings. The Labute approximate surface area is 112 Å². The van der Waals surface area contributed by atoms with Gasteiger partial charge in [0.05, 0.1) is 0 Å². The van der Waals surface area contributed by atoms with E-state index in [1.165, 1.54) is 0 Å². The minimum absolute atomic E-state index is 0.0613. The molecule has 100 valence electrons. The monoisotopic (exact) mass is 258 g/mol. The van der Waals surface area contributed by atoms with Crippen molar-refractivity contribution < 1.29 is 0 Å². The first-order valence-electron chi connectivity index (χ1n) is 6.21. The molecule has 2 N–H and O–H groups in total. The van der Waals surface area contributed by atoms with Gasteiger partial charge in [-0.1, -0.05) is 0 Å². The van der Waals surface area contributed by atoms with Crippen LogP contribution in [0.1, 0.15) is 28.1 Å². The van der Waals surface area contributed by atoms with E-state index >= 15 is 0 Å². The molecule has 0 atom stereocenters. The molecule has 0 fully saturated rings. The summed E-state index contributed by atoms with van der Waals surface area (Å²) in [5.74, 6) is 0.544. The second-order valence-corrected chi connectivity index (χ2v) is 4.76. The lowest BCUT2D eigenvalue weighted by Crippen LogP contribution is -2.19. The lowest BCUT2D eigenvalue weighted by molar-refractivity contribution is 0.971. The van der Waals surface area contributed by atoms with Crippen LogP contribution in [0.3, 0.4) is 0 Å². The summed E-state index contributed by atoms with van der Waals surface area (Å²) in [4.78, 5) is 23.2. The zero-order valence-corrected chi connectivity index (χ0v) is 11.7. The summed E-state index contributed by atoms with van der Waals surface area (Å²) in [5.41, 5.74) is 4.48. The molecule has 0 aliphatic heterocycles. The van der Waals surface area contributed by atoms with Gasteiger partial charge in [0.1, 0.15) is 0 Å². The first-order valence-corrected chi connectivity index (χ1v) is 6.21. The molecule has 19 heavy (non-hydrogen) atoms. The van der Waals surface area contributed by atoms with Crippen molar-refractivity contribution in [2.24, 2.45) is 0 Å². The van der Waals surface area contributed by atoms with Crippen molar-refractivity contribution in [2.75, 3.05) is 5.32 Å². The molecule has 2 heterocycles. The molecular formula is C14H18N4O. The van der Waals surface area contributed by atoms with Crippen molar-refractivity contribution in [3.05, 3.63) is 50.7 Å². The molecular weight excluding hydrogens is 240 g/mol. The molecule has 0 aromatic carbocycles. The van der Waals surface area contributed by atoms with Crippen LogP contribution in [0.2, 0.25) is 0 Å². The molecule has 2 aromatic rings. The zero-order valence-electron chi connectivity index (χ0n) is 11.7. The molecule has 5 nitrogen and oxygen atoms in total. The van der Waals surface area contributed by atoms with Crippen LogP contribution >= 0.6 is 0 Å². The standard InChI is InChI=1S/C14H18N4O/c1-8-5-10(3)17-13(19)12(8)7-16-14-15-6-9(2)11(4)18-14/h5-6H,7H2,1-4H3,(H,17,19)(H,15,16,18). The van der Waals surface area contributed by atoms with Crippen molar-refractivity contribution in [3.8, 4) is 0 Å². The van der Waals surface area contributed by atoms with Gasteiger partial charge in [-0.2, -0.15) is 0 Å². The van der Waals surface area contributed by atoms with Crippen LogP contribution in [0.15, 0.2) is 17.1 Å². The number of hydrogen-bond acceptors (Lipinski definition) is 4. The van der Waals surface area contributed by atoms with Crippen molar-refractivity contribution in [1.29, 1.82) is 0 Å². The highest BCUT2D eigenvalue weighted by atomic mass is 16.1. The van der Waals surface area contributed by atoms with Crippen LogP contribution in [-0.4, -0.2) is 15.0 Å². The van der Waals surface area contributed by atoms with E-state index in [0.29, 0.717) is 18.1 Å². The molecule has 0 aliphatic carbocycles. The quantitative estimate of drug-likeness (QED) is 0.883. The van der Waals surface area contributed by atoms with Crippen molar-refractivity contribution in [2.45, 2.75) is 34.2 Å². The van der Waals surface area contributed by atoms with E-state index < -0.39 is 0 Å². The van der Waals surface area contributed by atoms with Gasteiger partial charge in [-0.3, -0.25) is 4.79 Å². The van der Waals surface area contributed by atoms with Gasteiger partial charge in [0.15, 0.2) is 0 Å². The van der Waals surface area contributed by atoms with E-state index in [9.17, 15) is 4.79 Å². The van der Waals surface area contributed by atoms with Crippen LogP contribution in [0.4, 0.5) is 5.95 Å². The zero-order chi connectivity index (χ0) is 14.0. The highest BCUT2D eigenvalue weighted by Gasteiger charge is 2.06. The Morgan fingerprint density at radius 2 is 1.95 bits per heavy atom. The Kier molecular flexibility index (Phi) is 3.64. The third-order valence-electron chi connectivity index (χ3n) is 3.14. The SMILES string of the molecule is Cc1cc(C)c(CNc2ncc(C)c(C)n2)c(=O)[nH]1. The minimum Gasteiger partial charge on any atom is -0.350 e. The van der Waals surface area contributed by atoms with E-state index in [4.69, 9.17) is 0 Å². The Morgan fingerprint density at radius 3 is 2.58 bits per heavy atom. The molecule has 0 saturated carbocycles. The molecule has 0 amide bonds. The van der Waals surface area contributed by atoms with Gasteiger partial charge in [-0.15, -0.1) is 0 Å². The first kappa shape index (κ1) is 13.3. The Bertz CT molecular complexity index is 661. The number of H-pyrrole nitrogens is 1. The fourth-order valence-corrected chi connectivity index (χ4v) is 1.88. The maximum atomic E-state index is 11.9. The number of hydrogen-bond donors (Lipinski definition) is 2. The molecule has 0 radical (unpaired) electrons. The normalized spacial score (nSPS) is 10.5. The molecule has 2 rings (SSSR count). The Morgan fingerprint density at radius 1 is 1.21 bits per heavy atom. The predicted molar refractivity (Wildman–Crippen MR) is 75.4 cm³/mol.